The molecule has 0 aliphatic heterocycles. The molecule has 0 heterocycles. The summed E-state index contributed by atoms with van der Waals surface area (Å²) in [5.41, 5.74) is 2.43. The van der Waals surface area contributed by atoms with Gasteiger partial charge in [0.25, 0.3) is 0 Å². The van der Waals surface area contributed by atoms with Crippen LogP contribution in [0.15, 0.2) is 30.3 Å². The number of methoxy groups -OCH3 is 1. The van der Waals surface area contributed by atoms with Gasteiger partial charge in [-0.3, -0.25) is 4.79 Å². The van der Waals surface area contributed by atoms with E-state index in [1.807, 2.05) is 0 Å². The molecule has 0 N–H and O–H groups in total. The van der Waals surface area contributed by atoms with E-state index in [1.54, 1.807) is 0 Å². The van der Waals surface area contributed by atoms with Gasteiger partial charge in [-0.15, -0.1) is 0 Å². The Kier molecular flexibility index (Phi) is 16.6. The molecule has 47 heavy (non-hydrogen) atoms. The first-order valence-corrected chi connectivity index (χ1v) is 26.9. The summed E-state index contributed by atoms with van der Waals surface area (Å²) in [4.78, 5) is 12.1. The first-order valence-electron chi connectivity index (χ1n) is 18.2. The van der Waals surface area contributed by atoms with Gasteiger partial charge in [-0.1, -0.05) is 125 Å². The lowest BCUT2D eigenvalue weighted by Crippen LogP contribution is -2.51. The van der Waals surface area contributed by atoms with Crippen LogP contribution in [0.3, 0.4) is 0 Å². The maximum Gasteiger partial charge on any atom is 0.305 e. The predicted octanol–water partition coefficient (Wildman–Crippen LogP) is 12.5. The second-order valence-electron chi connectivity index (χ2n) is 18.1. The Morgan fingerprint density at radius 1 is 0.723 bits per heavy atom. The zero-order chi connectivity index (χ0) is 36.5. The third kappa shape index (κ3) is 13.7. The summed E-state index contributed by atoms with van der Waals surface area (Å²) in [6.07, 6.45) is 10.5. The normalized spacial score (nSPS) is 15.9. The summed E-state index contributed by atoms with van der Waals surface area (Å²) in [5.74, 6) is -0.182. The lowest BCUT2D eigenvalue weighted by atomic mass is 9.97. The minimum atomic E-state index is -2.19. The fourth-order valence-corrected chi connectivity index (χ4v) is 8.63. The van der Waals surface area contributed by atoms with E-state index >= 15 is 0 Å². The molecule has 3 atom stereocenters. The van der Waals surface area contributed by atoms with Crippen molar-refractivity contribution in [2.45, 2.75) is 187 Å². The number of hydrogen-bond acceptors (Lipinski definition) is 5. The fraction of sp³-hybridized carbons (Fsp3) is 0.769. The molecule has 0 saturated heterocycles. The second kappa shape index (κ2) is 17.8. The van der Waals surface area contributed by atoms with Gasteiger partial charge in [0, 0.05) is 6.42 Å². The van der Waals surface area contributed by atoms with E-state index in [1.165, 1.54) is 31.1 Å². The minimum absolute atomic E-state index is 0.0336. The number of ether oxygens (including phenoxy) is 1. The van der Waals surface area contributed by atoms with Crippen LogP contribution in [-0.2, 0) is 22.8 Å². The van der Waals surface area contributed by atoms with Gasteiger partial charge in [-0.2, -0.15) is 0 Å². The minimum Gasteiger partial charge on any atom is -0.469 e. The molecule has 272 valence electrons. The number of carbonyl (C=O) groups excluding carboxylic acids is 1. The summed E-state index contributed by atoms with van der Waals surface area (Å²) in [5, 5.41) is 0.200. The van der Waals surface area contributed by atoms with Crippen molar-refractivity contribution in [2.75, 3.05) is 7.11 Å². The number of esters is 1. The number of benzene rings is 1. The molecule has 0 aromatic heterocycles. The van der Waals surface area contributed by atoms with Crippen LogP contribution in [0.1, 0.15) is 131 Å². The zero-order valence-corrected chi connectivity index (χ0v) is 36.7. The van der Waals surface area contributed by atoms with Crippen molar-refractivity contribution in [1.82, 2.24) is 0 Å². The van der Waals surface area contributed by atoms with Gasteiger partial charge in [-0.05, 0) is 84.8 Å². The van der Waals surface area contributed by atoms with E-state index in [9.17, 15) is 4.79 Å². The van der Waals surface area contributed by atoms with Crippen LogP contribution >= 0.6 is 0 Å². The van der Waals surface area contributed by atoms with Crippen molar-refractivity contribution in [1.29, 1.82) is 0 Å². The van der Waals surface area contributed by atoms with Gasteiger partial charge < -0.3 is 18.0 Å². The molecule has 0 fully saturated rings. The summed E-state index contributed by atoms with van der Waals surface area (Å²) >= 11 is 0. The molecule has 1 aromatic carbocycles. The number of unbranched alkanes of at least 4 members (excludes halogenated alkanes) is 2. The molecule has 0 amide bonds. The van der Waals surface area contributed by atoms with Crippen LogP contribution in [0, 0.1) is 0 Å². The topological polar surface area (TPSA) is 54.0 Å². The molecule has 0 saturated carbocycles. The Hall–Kier alpha value is -1.04. The molecule has 3 unspecified atom stereocenters. The molecular formula is C39H74O5Si3. The predicted molar refractivity (Wildman–Crippen MR) is 211 cm³/mol. The fourth-order valence-electron chi connectivity index (χ4n) is 4.70. The maximum absolute atomic E-state index is 12.1. The highest BCUT2D eigenvalue weighted by Gasteiger charge is 2.44. The van der Waals surface area contributed by atoms with Crippen LogP contribution in [-0.4, -0.2) is 50.2 Å². The standard InChI is InChI=1S/C39H74O5Si3/c1-18-19-20-26-33(42-45(12,13)37(2,3)4)32-25-22-21-24-31(32)29-30-35(44-47(16,17)39(8,9)10)34(27-23-28-36(40)41-11)43-46(14,15)38(5,6)7/h21-22,24-25,29-30,33-35H,18-20,23,26-28H2,1-17H3. The molecular weight excluding hydrogens is 633 g/mol. The molecule has 0 aliphatic carbocycles. The first kappa shape index (κ1) is 44.0. The number of carbonyl (C=O) groups is 1. The first-order chi connectivity index (χ1) is 21.3. The molecule has 1 rings (SSSR count). The smallest absolute Gasteiger partial charge is 0.305 e. The van der Waals surface area contributed by atoms with Crippen LogP contribution < -0.4 is 0 Å². The monoisotopic (exact) mass is 706 g/mol. The third-order valence-corrected chi connectivity index (χ3v) is 24.5. The third-order valence-electron chi connectivity index (χ3n) is 11.1. The molecule has 8 heteroatoms. The summed E-state index contributed by atoms with van der Waals surface area (Å²) < 4.78 is 26.6. The van der Waals surface area contributed by atoms with E-state index in [4.69, 9.17) is 18.0 Å². The zero-order valence-electron chi connectivity index (χ0n) is 33.7. The van der Waals surface area contributed by atoms with Gasteiger partial charge in [0.2, 0.25) is 0 Å². The van der Waals surface area contributed by atoms with Gasteiger partial charge >= 0.3 is 5.97 Å². The van der Waals surface area contributed by atoms with Crippen molar-refractivity contribution in [2.24, 2.45) is 0 Å². The quantitative estimate of drug-likeness (QED) is 0.0864. The largest absolute Gasteiger partial charge is 0.469 e. The summed E-state index contributed by atoms with van der Waals surface area (Å²) in [7, 11) is -4.92. The average molecular weight is 707 g/mol. The molecule has 5 nitrogen and oxygen atoms in total. The van der Waals surface area contributed by atoms with Crippen LogP contribution in [0.25, 0.3) is 6.08 Å². The maximum atomic E-state index is 12.1. The van der Waals surface area contributed by atoms with E-state index in [0.717, 1.165) is 19.3 Å². The van der Waals surface area contributed by atoms with E-state index in [2.05, 4.69) is 145 Å². The van der Waals surface area contributed by atoms with Crippen molar-refractivity contribution in [3.8, 4) is 0 Å². The van der Waals surface area contributed by atoms with E-state index < -0.39 is 25.0 Å². The van der Waals surface area contributed by atoms with Crippen molar-refractivity contribution in [3.05, 3.63) is 41.5 Å². The van der Waals surface area contributed by atoms with Gasteiger partial charge in [0.15, 0.2) is 25.0 Å². The molecule has 0 bridgehead atoms. The Morgan fingerprint density at radius 2 is 1.23 bits per heavy atom. The highest BCUT2D eigenvalue weighted by molar-refractivity contribution is 6.75. The molecule has 0 radical (unpaired) electrons. The second-order valence-corrected chi connectivity index (χ2v) is 32.3. The van der Waals surface area contributed by atoms with Crippen LogP contribution in [0.5, 0.6) is 0 Å². The number of hydrogen-bond donors (Lipinski definition) is 0. The van der Waals surface area contributed by atoms with Crippen molar-refractivity contribution < 1.29 is 22.8 Å². The van der Waals surface area contributed by atoms with Crippen LogP contribution in [0.4, 0.5) is 0 Å². The van der Waals surface area contributed by atoms with Crippen molar-refractivity contribution >= 4 is 37.0 Å². The Morgan fingerprint density at radius 3 is 1.74 bits per heavy atom. The summed E-state index contributed by atoms with van der Waals surface area (Å²) in [6, 6.07) is 8.75. The highest BCUT2D eigenvalue weighted by Crippen LogP contribution is 2.43. The highest BCUT2D eigenvalue weighted by atomic mass is 28.4. The van der Waals surface area contributed by atoms with Crippen molar-refractivity contribution in [3.63, 3.8) is 0 Å². The Labute approximate surface area is 294 Å². The Bertz CT molecular complexity index is 1120. The lowest BCUT2D eigenvalue weighted by Gasteiger charge is -2.44. The molecule has 1 aromatic rings. The molecule has 0 spiro atoms. The van der Waals surface area contributed by atoms with Gasteiger partial charge in [0.1, 0.15) is 0 Å². The van der Waals surface area contributed by atoms with Gasteiger partial charge in [0.05, 0.1) is 25.4 Å². The van der Waals surface area contributed by atoms with E-state index in [-0.39, 0.29) is 39.4 Å². The SMILES string of the molecule is CCCCCC(O[Si](C)(C)C(C)(C)C)c1ccccc1C=CC(O[Si](C)(C)C(C)(C)C)C(CCCC(=O)OC)O[Si](C)(C)C(C)(C)C. The molecule has 0 aliphatic rings. The van der Waals surface area contributed by atoms with E-state index in [0.29, 0.717) is 12.8 Å². The Balaban J connectivity index is 3.76. The lowest BCUT2D eigenvalue weighted by molar-refractivity contribution is -0.140. The number of rotatable bonds is 18. The van der Waals surface area contributed by atoms with Gasteiger partial charge in [-0.25, -0.2) is 0 Å². The average Bonchev–Trinajstić information content (AvgIpc) is 2.92. The van der Waals surface area contributed by atoms with Crippen LogP contribution in [0.2, 0.25) is 54.4 Å². The summed E-state index contributed by atoms with van der Waals surface area (Å²) in [6.45, 7) is 36.9.